The Kier molecular flexibility index (Phi) is 6.97. The highest BCUT2D eigenvalue weighted by molar-refractivity contribution is 6.37. The van der Waals surface area contributed by atoms with Gasteiger partial charge >= 0.3 is 6.01 Å². The van der Waals surface area contributed by atoms with Gasteiger partial charge in [0.15, 0.2) is 5.82 Å². The fourth-order valence-corrected chi connectivity index (χ4v) is 7.30. The van der Waals surface area contributed by atoms with Gasteiger partial charge in [0.1, 0.15) is 28.6 Å². The number of benzene rings is 2. The first-order valence-electron chi connectivity index (χ1n) is 15.3. The van der Waals surface area contributed by atoms with E-state index in [9.17, 15) is 9.50 Å². The van der Waals surface area contributed by atoms with Gasteiger partial charge in [-0.15, -0.1) is 0 Å². The van der Waals surface area contributed by atoms with Crippen LogP contribution in [0.15, 0.2) is 30.5 Å². The standard InChI is InChI=1S/C32H33ClF2N6O3/c33-26-24(34)4-1-18-11-21(42)12-22(25(18)26)28-27(35)29-23(13-36-28)30(41-14-19-2-3-20(15-41)37-19)39-31(38-29)44-17-32(5-6-32)16-40-7-9-43-10-8-40/h1,4,11-13,19-20,37,42H,2-3,5-10,14-17H2/t19-,20+. The van der Waals surface area contributed by atoms with E-state index in [4.69, 9.17) is 26.1 Å². The van der Waals surface area contributed by atoms with Gasteiger partial charge < -0.3 is 24.8 Å². The summed E-state index contributed by atoms with van der Waals surface area (Å²) in [6.45, 7) is 6.11. The van der Waals surface area contributed by atoms with Gasteiger partial charge in [-0.1, -0.05) is 17.7 Å². The van der Waals surface area contributed by atoms with Crippen molar-refractivity contribution < 1.29 is 23.4 Å². The van der Waals surface area contributed by atoms with Gasteiger partial charge in [0, 0.05) is 67.4 Å². The number of aromatic nitrogens is 3. The molecule has 4 aromatic rings. The van der Waals surface area contributed by atoms with Crippen molar-refractivity contribution in [3.63, 3.8) is 0 Å². The molecular formula is C32H33ClF2N6O3. The minimum absolute atomic E-state index is 0.0211. The zero-order valence-electron chi connectivity index (χ0n) is 24.2. The monoisotopic (exact) mass is 622 g/mol. The number of fused-ring (bicyclic) bond motifs is 4. The summed E-state index contributed by atoms with van der Waals surface area (Å²) in [5.74, 6) is -0.887. The average Bonchev–Trinajstić information content (AvgIpc) is 3.71. The largest absolute Gasteiger partial charge is 0.508 e. The predicted octanol–water partition coefficient (Wildman–Crippen LogP) is 4.91. The minimum atomic E-state index is -0.712. The van der Waals surface area contributed by atoms with Crippen molar-refractivity contribution in [2.24, 2.45) is 5.41 Å². The molecule has 9 nitrogen and oxygen atoms in total. The van der Waals surface area contributed by atoms with E-state index in [1.165, 1.54) is 24.3 Å². The number of anilines is 1. The molecular weight excluding hydrogens is 590 g/mol. The first-order valence-corrected chi connectivity index (χ1v) is 15.6. The van der Waals surface area contributed by atoms with Crippen molar-refractivity contribution in [2.45, 2.75) is 37.8 Å². The van der Waals surface area contributed by atoms with Gasteiger partial charge in [-0.25, -0.2) is 8.78 Å². The Morgan fingerprint density at radius 2 is 1.86 bits per heavy atom. The second kappa shape index (κ2) is 10.9. The zero-order valence-corrected chi connectivity index (χ0v) is 24.9. The smallest absolute Gasteiger partial charge is 0.319 e. The molecule has 4 aliphatic rings. The molecule has 0 unspecified atom stereocenters. The molecule has 2 bridgehead atoms. The summed E-state index contributed by atoms with van der Waals surface area (Å²) in [5.41, 5.74) is 0.165. The quantitative estimate of drug-likeness (QED) is 0.298. The van der Waals surface area contributed by atoms with Crippen LogP contribution in [0.1, 0.15) is 25.7 Å². The van der Waals surface area contributed by atoms with Crippen LogP contribution in [0, 0.1) is 17.0 Å². The van der Waals surface area contributed by atoms with Crippen molar-refractivity contribution in [1.82, 2.24) is 25.2 Å². The van der Waals surface area contributed by atoms with Gasteiger partial charge in [-0.3, -0.25) is 9.88 Å². The van der Waals surface area contributed by atoms with Crippen LogP contribution in [0.5, 0.6) is 11.8 Å². The van der Waals surface area contributed by atoms with Gasteiger partial charge in [0.05, 0.1) is 30.2 Å². The molecule has 2 aromatic heterocycles. The van der Waals surface area contributed by atoms with E-state index in [0.717, 1.165) is 71.6 Å². The maximum atomic E-state index is 16.7. The molecule has 1 saturated carbocycles. The van der Waals surface area contributed by atoms with E-state index in [0.29, 0.717) is 35.3 Å². The van der Waals surface area contributed by atoms with Crippen LogP contribution in [0.3, 0.4) is 0 Å². The van der Waals surface area contributed by atoms with Crippen molar-refractivity contribution in [2.75, 3.05) is 57.4 Å². The average molecular weight is 623 g/mol. The van der Waals surface area contributed by atoms with E-state index in [1.54, 1.807) is 6.20 Å². The number of nitrogens with one attached hydrogen (secondary N) is 1. The number of pyridine rings is 1. The predicted molar refractivity (Wildman–Crippen MR) is 163 cm³/mol. The number of nitrogens with zero attached hydrogens (tertiary/aromatic N) is 5. The number of phenolic OH excluding ortho intramolecular Hbond substituents is 1. The van der Waals surface area contributed by atoms with Crippen molar-refractivity contribution in [1.29, 1.82) is 0 Å². The second-order valence-corrected chi connectivity index (χ2v) is 13.1. The minimum Gasteiger partial charge on any atom is -0.508 e. The summed E-state index contributed by atoms with van der Waals surface area (Å²) in [4.78, 5) is 18.5. The third-order valence-corrected chi connectivity index (χ3v) is 9.90. The number of hydrogen-bond donors (Lipinski definition) is 2. The molecule has 2 aromatic carbocycles. The van der Waals surface area contributed by atoms with Crippen LogP contribution in [0.2, 0.25) is 5.02 Å². The molecule has 3 aliphatic heterocycles. The normalized spacial score (nSPS) is 23.0. The fourth-order valence-electron chi connectivity index (χ4n) is 7.03. The lowest BCUT2D eigenvalue weighted by Crippen LogP contribution is -2.51. The lowest BCUT2D eigenvalue weighted by Gasteiger charge is -2.34. The highest BCUT2D eigenvalue weighted by Gasteiger charge is 2.45. The Hall–Kier alpha value is -3.38. The van der Waals surface area contributed by atoms with E-state index in [2.05, 4.69) is 25.1 Å². The summed E-state index contributed by atoms with van der Waals surface area (Å²) in [6, 6.07) is 6.30. The number of rotatable bonds is 7. The molecule has 230 valence electrons. The molecule has 44 heavy (non-hydrogen) atoms. The van der Waals surface area contributed by atoms with Crippen molar-refractivity contribution in [3.8, 4) is 23.0 Å². The Bertz CT molecular complexity index is 1750. The third-order valence-electron chi connectivity index (χ3n) is 9.53. The molecule has 0 radical (unpaired) electrons. The third kappa shape index (κ3) is 5.09. The Morgan fingerprint density at radius 3 is 2.61 bits per heavy atom. The summed E-state index contributed by atoms with van der Waals surface area (Å²) >= 11 is 6.37. The van der Waals surface area contributed by atoms with Gasteiger partial charge in [-0.2, -0.15) is 9.97 Å². The van der Waals surface area contributed by atoms with Crippen molar-refractivity contribution >= 4 is 39.1 Å². The Labute approximate surface area is 258 Å². The molecule has 0 amide bonds. The lowest BCUT2D eigenvalue weighted by molar-refractivity contribution is 0.0231. The molecule has 12 heteroatoms. The van der Waals surface area contributed by atoms with Crippen LogP contribution in [-0.2, 0) is 4.74 Å². The summed E-state index contributed by atoms with van der Waals surface area (Å²) in [5, 5.41) is 15.1. The summed E-state index contributed by atoms with van der Waals surface area (Å²) in [7, 11) is 0. The highest BCUT2D eigenvalue weighted by Crippen LogP contribution is 2.47. The van der Waals surface area contributed by atoms with Crippen LogP contribution in [-0.4, -0.2) is 89.6 Å². The highest BCUT2D eigenvalue weighted by atomic mass is 35.5. The Morgan fingerprint density at radius 1 is 1.09 bits per heavy atom. The zero-order chi connectivity index (χ0) is 30.0. The van der Waals surface area contributed by atoms with Crippen molar-refractivity contribution in [3.05, 3.63) is 47.1 Å². The Balaban J connectivity index is 1.21. The van der Waals surface area contributed by atoms with E-state index >= 15 is 4.39 Å². The van der Waals surface area contributed by atoms with Crippen LogP contribution in [0.25, 0.3) is 32.9 Å². The summed E-state index contributed by atoms with van der Waals surface area (Å²) < 4.78 is 43.0. The molecule has 1 aliphatic carbocycles. The molecule has 0 spiro atoms. The number of phenols is 1. The number of halogens is 3. The van der Waals surface area contributed by atoms with E-state index < -0.39 is 11.6 Å². The first-order chi connectivity index (χ1) is 21.4. The van der Waals surface area contributed by atoms with E-state index in [-0.39, 0.29) is 44.4 Å². The van der Waals surface area contributed by atoms with Crippen LogP contribution >= 0.6 is 11.6 Å². The van der Waals surface area contributed by atoms with Crippen LogP contribution in [0.4, 0.5) is 14.6 Å². The van der Waals surface area contributed by atoms with Gasteiger partial charge in [-0.05, 0) is 49.3 Å². The van der Waals surface area contributed by atoms with Gasteiger partial charge in [0.25, 0.3) is 0 Å². The molecule has 2 N–H and O–H groups in total. The molecule has 5 heterocycles. The first kappa shape index (κ1) is 28.1. The molecule has 3 saturated heterocycles. The number of aromatic hydroxyl groups is 1. The van der Waals surface area contributed by atoms with E-state index in [1.807, 2.05) is 0 Å². The molecule has 8 rings (SSSR count). The lowest BCUT2D eigenvalue weighted by atomic mass is 10.00. The number of ether oxygens (including phenoxy) is 2. The van der Waals surface area contributed by atoms with Gasteiger partial charge in [0.2, 0.25) is 0 Å². The van der Waals surface area contributed by atoms with Crippen LogP contribution < -0.4 is 15.0 Å². The topological polar surface area (TPSA) is 95.9 Å². The summed E-state index contributed by atoms with van der Waals surface area (Å²) in [6.07, 6.45) is 5.82. The SMILES string of the molecule is Oc1cc(-c2ncc3c(N4C[C@H]5CC[C@@H](C4)N5)nc(OCC4(CN5CCOCC5)CC4)nc3c2F)c2c(Cl)c(F)ccc2c1. The fraction of sp³-hybridized carbons (Fsp3) is 0.469. The molecule has 2 atom stereocenters. The maximum Gasteiger partial charge on any atom is 0.319 e. The second-order valence-electron chi connectivity index (χ2n) is 12.7. The number of morpholine rings is 1. The molecule has 4 fully saturated rings. The number of hydrogen-bond acceptors (Lipinski definition) is 9. The number of piperazine rings is 1. The maximum absolute atomic E-state index is 16.7.